The van der Waals surface area contributed by atoms with Crippen molar-refractivity contribution < 1.29 is 24.5 Å². The Labute approximate surface area is 157 Å². The van der Waals surface area contributed by atoms with Gasteiger partial charge in [0.2, 0.25) is 0 Å². The van der Waals surface area contributed by atoms with E-state index in [1.807, 2.05) is 42.5 Å². The summed E-state index contributed by atoms with van der Waals surface area (Å²) in [7, 11) is 1.57. The highest BCUT2D eigenvalue weighted by atomic mass is 16.5. The van der Waals surface area contributed by atoms with Crippen LogP contribution in [0.3, 0.4) is 0 Å². The quantitative estimate of drug-likeness (QED) is 0.709. The van der Waals surface area contributed by atoms with Gasteiger partial charge in [-0.2, -0.15) is 0 Å². The number of hydrogen-bond acceptors (Lipinski definition) is 5. The smallest absolute Gasteiger partial charge is 0.325 e. The van der Waals surface area contributed by atoms with Gasteiger partial charge >= 0.3 is 11.9 Å². The molecule has 1 fully saturated rings. The molecule has 2 aromatic rings. The molecule has 0 spiro atoms. The van der Waals surface area contributed by atoms with Gasteiger partial charge in [0.05, 0.1) is 13.2 Å². The third-order valence-corrected chi connectivity index (χ3v) is 5.01. The molecular formula is C20H22N2O5. The van der Waals surface area contributed by atoms with E-state index < -0.39 is 29.6 Å². The summed E-state index contributed by atoms with van der Waals surface area (Å²) in [5.74, 6) is -1.60. The van der Waals surface area contributed by atoms with Crippen LogP contribution in [0.15, 0.2) is 54.6 Å². The molecule has 0 amide bonds. The van der Waals surface area contributed by atoms with Crippen molar-refractivity contribution in [1.29, 1.82) is 0 Å². The molecule has 7 nitrogen and oxygen atoms in total. The van der Waals surface area contributed by atoms with Crippen LogP contribution in [0, 0.1) is 0 Å². The van der Waals surface area contributed by atoms with E-state index >= 15 is 0 Å². The molecule has 3 atom stereocenters. The highest BCUT2D eigenvalue weighted by molar-refractivity contribution is 5.83. The minimum Gasteiger partial charge on any atom is -0.497 e. The summed E-state index contributed by atoms with van der Waals surface area (Å²) in [5.41, 5.74) is 6.13. The molecule has 0 aliphatic carbocycles. The lowest BCUT2D eigenvalue weighted by atomic mass is 9.96. The van der Waals surface area contributed by atoms with Crippen molar-refractivity contribution in [3.05, 3.63) is 65.7 Å². The molecule has 0 aromatic heterocycles. The number of nitrogens with zero attached hydrogens (tertiary/aromatic N) is 1. The Morgan fingerprint density at radius 2 is 1.70 bits per heavy atom. The first-order valence-corrected chi connectivity index (χ1v) is 8.55. The lowest BCUT2D eigenvalue weighted by Crippen LogP contribution is -2.50. The number of carboxylic acids is 2. The number of nitrogens with two attached hydrogens (primary N) is 1. The average molecular weight is 370 g/mol. The van der Waals surface area contributed by atoms with E-state index in [-0.39, 0.29) is 13.0 Å². The second kappa shape index (κ2) is 7.38. The van der Waals surface area contributed by atoms with Crippen LogP contribution in [0.5, 0.6) is 5.75 Å². The van der Waals surface area contributed by atoms with Crippen molar-refractivity contribution in [3.8, 4) is 5.75 Å². The van der Waals surface area contributed by atoms with Crippen LogP contribution in [0.1, 0.15) is 23.6 Å². The number of benzene rings is 2. The molecule has 27 heavy (non-hydrogen) atoms. The van der Waals surface area contributed by atoms with Gasteiger partial charge in [-0.1, -0.05) is 42.5 Å². The second-order valence-corrected chi connectivity index (χ2v) is 6.78. The predicted octanol–water partition coefficient (Wildman–Crippen LogP) is 1.73. The first-order valence-electron chi connectivity index (χ1n) is 8.55. The average Bonchev–Trinajstić information content (AvgIpc) is 3.03. The largest absolute Gasteiger partial charge is 0.497 e. The van der Waals surface area contributed by atoms with Gasteiger partial charge < -0.3 is 20.7 Å². The fourth-order valence-electron chi connectivity index (χ4n) is 3.62. The maximum atomic E-state index is 11.9. The summed E-state index contributed by atoms with van der Waals surface area (Å²) < 4.78 is 5.20. The summed E-state index contributed by atoms with van der Waals surface area (Å²) in [6.45, 7) is -0.0646. The van der Waals surface area contributed by atoms with Crippen molar-refractivity contribution in [2.75, 3.05) is 13.7 Å². The lowest BCUT2D eigenvalue weighted by Gasteiger charge is -2.32. The number of carboxylic acid groups (broad SMARTS) is 2. The highest BCUT2D eigenvalue weighted by Gasteiger charge is 2.52. The third kappa shape index (κ3) is 3.65. The Balaban J connectivity index is 2.08. The third-order valence-electron chi connectivity index (χ3n) is 5.01. The maximum absolute atomic E-state index is 11.9. The van der Waals surface area contributed by atoms with E-state index in [0.29, 0.717) is 5.75 Å². The molecule has 1 heterocycles. The molecular weight excluding hydrogens is 348 g/mol. The van der Waals surface area contributed by atoms with E-state index in [9.17, 15) is 19.8 Å². The van der Waals surface area contributed by atoms with Gasteiger partial charge in [-0.15, -0.1) is 0 Å². The number of ether oxygens (including phenoxy) is 1. The van der Waals surface area contributed by atoms with Crippen LogP contribution in [-0.4, -0.2) is 52.3 Å². The van der Waals surface area contributed by atoms with Crippen LogP contribution < -0.4 is 10.5 Å². The molecule has 1 aliphatic heterocycles. The van der Waals surface area contributed by atoms with Crippen molar-refractivity contribution in [2.45, 2.75) is 24.0 Å². The number of carbonyl (C=O) groups is 2. The van der Waals surface area contributed by atoms with Gasteiger partial charge in [-0.3, -0.25) is 14.5 Å². The Hall–Kier alpha value is -2.90. The zero-order valence-electron chi connectivity index (χ0n) is 14.9. The first kappa shape index (κ1) is 18.9. The first-order chi connectivity index (χ1) is 12.9. The Kier molecular flexibility index (Phi) is 5.16. The van der Waals surface area contributed by atoms with Crippen LogP contribution in [0.4, 0.5) is 0 Å². The highest BCUT2D eigenvalue weighted by Crippen LogP contribution is 2.38. The number of aliphatic carboxylic acids is 2. The van der Waals surface area contributed by atoms with Crippen LogP contribution in [0.25, 0.3) is 0 Å². The molecule has 3 unspecified atom stereocenters. The minimum atomic E-state index is -1.61. The Morgan fingerprint density at radius 1 is 1.11 bits per heavy atom. The van der Waals surface area contributed by atoms with Crippen molar-refractivity contribution in [2.24, 2.45) is 5.73 Å². The van der Waals surface area contributed by atoms with Gasteiger partial charge in [-0.05, 0) is 23.3 Å². The molecule has 1 aliphatic rings. The fourth-order valence-corrected chi connectivity index (χ4v) is 3.62. The summed E-state index contributed by atoms with van der Waals surface area (Å²) >= 11 is 0. The SMILES string of the molecule is COc1ccc(C(c2ccccc2)N2CC(N)(C(=O)O)CC2C(=O)O)cc1. The molecule has 0 bridgehead atoms. The van der Waals surface area contributed by atoms with E-state index in [1.165, 1.54) is 0 Å². The number of hydrogen-bond donors (Lipinski definition) is 3. The Bertz CT molecular complexity index is 824. The zero-order valence-corrected chi connectivity index (χ0v) is 14.9. The molecule has 1 saturated heterocycles. The van der Waals surface area contributed by atoms with Gasteiger partial charge in [0, 0.05) is 13.0 Å². The zero-order chi connectivity index (χ0) is 19.6. The van der Waals surface area contributed by atoms with Gasteiger partial charge in [0.15, 0.2) is 0 Å². The van der Waals surface area contributed by atoms with E-state index in [1.54, 1.807) is 24.1 Å². The minimum absolute atomic E-state index is 0.0646. The van der Waals surface area contributed by atoms with E-state index in [4.69, 9.17) is 10.5 Å². The van der Waals surface area contributed by atoms with Crippen molar-refractivity contribution in [3.63, 3.8) is 0 Å². The topological polar surface area (TPSA) is 113 Å². The predicted molar refractivity (Wildman–Crippen MR) is 98.6 cm³/mol. The Morgan fingerprint density at radius 3 is 2.22 bits per heavy atom. The van der Waals surface area contributed by atoms with Gasteiger partial charge in [0.1, 0.15) is 17.3 Å². The van der Waals surface area contributed by atoms with Gasteiger partial charge in [0.25, 0.3) is 0 Å². The maximum Gasteiger partial charge on any atom is 0.325 e. The summed E-state index contributed by atoms with van der Waals surface area (Å²) in [6.07, 6.45) is -0.156. The van der Waals surface area contributed by atoms with Crippen molar-refractivity contribution >= 4 is 11.9 Å². The number of likely N-dealkylation sites (tertiary alicyclic amines) is 1. The van der Waals surface area contributed by atoms with Crippen molar-refractivity contribution in [1.82, 2.24) is 4.90 Å². The monoisotopic (exact) mass is 370 g/mol. The number of methoxy groups -OCH3 is 1. The fraction of sp³-hybridized carbons (Fsp3) is 0.300. The number of rotatable bonds is 6. The molecule has 0 radical (unpaired) electrons. The molecule has 142 valence electrons. The summed E-state index contributed by atoms with van der Waals surface area (Å²) in [4.78, 5) is 25.2. The van der Waals surface area contributed by atoms with E-state index in [2.05, 4.69) is 0 Å². The summed E-state index contributed by atoms with van der Waals surface area (Å²) in [5, 5.41) is 19.2. The molecule has 0 saturated carbocycles. The molecule has 7 heteroatoms. The molecule has 2 aromatic carbocycles. The van der Waals surface area contributed by atoms with E-state index in [0.717, 1.165) is 11.1 Å². The van der Waals surface area contributed by atoms with Crippen LogP contribution in [-0.2, 0) is 9.59 Å². The van der Waals surface area contributed by atoms with Crippen LogP contribution >= 0.6 is 0 Å². The lowest BCUT2D eigenvalue weighted by molar-refractivity contribution is -0.143. The molecule has 3 rings (SSSR count). The standard InChI is InChI=1S/C20H22N2O5/c1-27-15-9-7-14(8-10-15)17(13-5-3-2-4-6-13)22-12-20(21,19(25)26)11-16(22)18(23)24/h2-10,16-17H,11-12,21H2,1H3,(H,23,24)(H,25,26). The second-order valence-electron chi connectivity index (χ2n) is 6.78. The summed E-state index contributed by atoms with van der Waals surface area (Å²) in [6, 6.07) is 15.2. The molecule has 4 N–H and O–H groups in total. The van der Waals surface area contributed by atoms with Gasteiger partial charge in [-0.25, -0.2) is 0 Å². The van der Waals surface area contributed by atoms with Crippen LogP contribution in [0.2, 0.25) is 0 Å². The normalized spacial score (nSPS) is 23.7.